The van der Waals surface area contributed by atoms with Crippen LogP contribution >= 0.6 is 11.6 Å². The predicted molar refractivity (Wildman–Crippen MR) is 66.7 cm³/mol. The molecule has 5 nitrogen and oxygen atoms in total. The first-order valence-corrected chi connectivity index (χ1v) is 5.51. The molecule has 2 rings (SSSR count). The number of nitro groups is 1. The molecule has 0 N–H and O–H groups in total. The molecule has 0 radical (unpaired) electrons. The van der Waals surface area contributed by atoms with E-state index in [0.717, 1.165) is 0 Å². The van der Waals surface area contributed by atoms with Gasteiger partial charge in [0, 0.05) is 6.07 Å². The second-order valence-electron chi connectivity index (χ2n) is 3.49. The Kier molecular flexibility index (Phi) is 3.74. The van der Waals surface area contributed by atoms with Gasteiger partial charge in [0.1, 0.15) is 17.5 Å². The van der Waals surface area contributed by atoms with Crippen LogP contribution < -0.4 is 4.74 Å². The molecule has 1 aromatic carbocycles. The Morgan fingerprint density at radius 3 is 2.72 bits per heavy atom. The maximum atomic E-state index is 10.8. The molecule has 6 heteroatoms. The summed E-state index contributed by atoms with van der Waals surface area (Å²) in [6.07, 6.45) is 1.47. The Bertz CT molecular complexity index is 558. The van der Waals surface area contributed by atoms with E-state index in [4.69, 9.17) is 16.3 Å². The van der Waals surface area contributed by atoms with E-state index in [1.165, 1.54) is 12.3 Å². The molecule has 0 aliphatic carbocycles. The Labute approximate surface area is 108 Å². The van der Waals surface area contributed by atoms with Crippen molar-refractivity contribution in [3.05, 3.63) is 63.4 Å². The van der Waals surface area contributed by atoms with Crippen LogP contribution in [-0.4, -0.2) is 9.91 Å². The minimum atomic E-state index is -0.432. The number of pyridine rings is 1. The number of rotatable bonds is 4. The summed E-state index contributed by atoms with van der Waals surface area (Å²) in [7, 11) is 0. The third-order valence-electron chi connectivity index (χ3n) is 2.28. The highest BCUT2D eigenvalue weighted by molar-refractivity contribution is 6.29. The molecule has 18 heavy (non-hydrogen) atoms. The van der Waals surface area contributed by atoms with Crippen molar-refractivity contribution < 1.29 is 9.66 Å². The highest BCUT2D eigenvalue weighted by Crippen LogP contribution is 2.20. The van der Waals surface area contributed by atoms with E-state index in [-0.39, 0.29) is 12.3 Å². The van der Waals surface area contributed by atoms with Crippen LogP contribution in [0.5, 0.6) is 5.75 Å². The maximum absolute atomic E-state index is 10.8. The van der Waals surface area contributed by atoms with Crippen LogP contribution in [0.3, 0.4) is 0 Å². The lowest BCUT2D eigenvalue weighted by Crippen LogP contribution is -2.00. The number of ether oxygens (including phenoxy) is 1. The summed E-state index contributed by atoms with van der Waals surface area (Å²) in [5.74, 6) is 0.512. The van der Waals surface area contributed by atoms with Crippen molar-refractivity contribution in [2.24, 2.45) is 0 Å². The molecule has 0 saturated heterocycles. The Morgan fingerprint density at radius 1 is 1.28 bits per heavy atom. The SMILES string of the molecule is O=[N+]([O-])c1ccccc1COc1ccc(Cl)nc1. The van der Waals surface area contributed by atoms with Crippen LogP contribution in [0.15, 0.2) is 42.6 Å². The van der Waals surface area contributed by atoms with Gasteiger partial charge in [-0.25, -0.2) is 4.98 Å². The van der Waals surface area contributed by atoms with Gasteiger partial charge in [0.05, 0.1) is 16.7 Å². The molecule has 1 aromatic heterocycles. The lowest BCUT2D eigenvalue weighted by Gasteiger charge is -2.06. The number of halogens is 1. The summed E-state index contributed by atoms with van der Waals surface area (Å²) in [5, 5.41) is 11.2. The third kappa shape index (κ3) is 2.95. The highest BCUT2D eigenvalue weighted by Gasteiger charge is 2.12. The topological polar surface area (TPSA) is 65.3 Å². The number of aromatic nitrogens is 1. The molecule has 92 valence electrons. The molecule has 0 atom stereocenters. The van der Waals surface area contributed by atoms with Gasteiger partial charge in [0.2, 0.25) is 0 Å². The number of hydrogen-bond acceptors (Lipinski definition) is 4. The van der Waals surface area contributed by atoms with Crippen molar-refractivity contribution in [3.63, 3.8) is 0 Å². The molecule has 0 unspecified atom stereocenters. The number of hydrogen-bond donors (Lipinski definition) is 0. The summed E-state index contributed by atoms with van der Waals surface area (Å²) in [5.41, 5.74) is 0.553. The van der Waals surface area contributed by atoms with Gasteiger partial charge in [-0.3, -0.25) is 10.1 Å². The van der Waals surface area contributed by atoms with Crippen LogP contribution in [0, 0.1) is 10.1 Å². The van der Waals surface area contributed by atoms with Gasteiger partial charge in [-0.2, -0.15) is 0 Å². The van der Waals surface area contributed by atoms with E-state index in [0.29, 0.717) is 16.5 Å². The van der Waals surface area contributed by atoms with Crippen LogP contribution in [-0.2, 0) is 6.61 Å². The van der Waals surface area contributed by atoms with Crippen LogP contribution in [0.2, 0.25) is 5.15 Å². The standard InChI is InChI=1S/C12H9ClN2O3/c13-12-6-5-10(7-14-12)18-8-9-3-1-2-4-11(9)15(16)17/h1-7H,8H2. The quantitative estimate of drug-likeness (QED) is 0.483. The molecule has 0 saturated carbocycles. The average molecular weight is 265 g/mol. The van der Waals surface area contributed by atoms with Gasteiger partial charge >= 0.3 is 0 Å². The third-order valence-corrected chi connectivity index (χ3v) is 2.51. The van der Waals surface area contributed by atoms with E-state index in [9.17, 15) is 10.1 Å². The molecule has 0 aliphatic rings. The Hall–Kier alpha value is -2.14. The molecule has 0 spiro atoms. The monoisotopic (exact) mass is 264 g/mol. The highest BCUT2D eigenvalue weighted by atomic mass is 35.5. The van der Waals surface area contributed by atoms with Crippen LogP contribution in [0.4, 0.5) is 5.69 Å². The van der Waals surface area contributed by atoms with Gasteiger partial charge in [0.25, 0.3) is 5.69 Å². The van der Waals surface area contributed by atoms with E-state index in [2.05, 4.69) is 4.98 Å². The van der Waals surface area contributed by atoms with Crippen LogP contribution in [0.1, 0.15) is 5.56 Å². The van der Waals surface area contributed by atoms with E-state index in [1.54, 1.807) is 30.3 Å². The zero-order chi connectivity index (χ0) is 13.0. The number of nitro benzene ring substituents is 1. The van der Waals surface area contributed by atoms with Crippen molar-refractivity contribution in [2.75, 3.05) is 0 Å². The van der Waals surface area contributed by atoms with Crippen molar-refractivity contribution >= 4 is 17.3 Å². The molecule has 0 aliphatic heterocycles. The lowest BCUT2D eigenvalue weighted by atomic mass is 10.2. The van der Waals surface area contributed by atoms with Crippen LogP contribution in [0.25, 0.3) is 0 Å². The minimum absolute atomic E-state index is 0.0411. The lowest BCUT2D eigenvalue weighted by molar-refractivity contribution is -0.385. The molecular weight excluding hydrogens is 256 g/mol. The first-order chi connectivity index (χ1) is 8.66. The Balaban J connectivity index is 2.10. The molecule has 1 heterocycles. The fraction of sp³-hybridized carbons (Fsp3) is 0.0833. The van der Waals surface area contributed by atoms with Crippen molar-refractivity contribution in [3.8, 4) is 5.75 Å². The van der Waals surface area contributed by atoms with E-state index < -0.39 is 4.92 Å². The summed E-state index contributed by atoms with van der Waals surface area (Å²) in [6.45, 7) is 0.112. The molecule has 2 aromatic rings. The van der Waals surface area contributed by atoms with Crippen molar-refractivity contribution in [1.29, 1.82) is 0 Å². The number of para-hydroxylation sites is 1. The van der Waals surface area contributed by atoms with E-state index in [1.807, 2.05) is 0 Å². The largest absolute Gasteiger partial charge is 0.487 e. The molecule has 0 bridgehead atoms. The van der Waals surface area contributed by atoms with E-state index >= 15 is 0 Å². The van der Waals surface area contributed by atoms with Gasteiger partial charge in [-0.1, -0.05) is 23.7 Å². The van der Waals surface area contributed by atoms with Gasteiger partial charge < -0.3 is 4.74 Å². The number of nitrogens with zero attached hydrogens (tertiary/aromatic N) is 2. The van der Waals surface area contributed by atoms with Gasteiger partial charge in [0.15, 0.2) is 0 Å². The second kappa shape index (κ2) is 5.46. The Morgan fingerprint density at radius 2 is 2.06 bits per heavy atom. The molecule has 0 amide bonds. The first kappa shape index (κ1) is 12.3. The maximum Gasteiger partial charge on any atom is 0.276 e. The summed E-state index contributed by atoms with van der Waals surface area (Å²) in [4.78, 5) is 14.2. The smallest absolute Gasteiger partial charge is 0.276 e. The predicted octanol–water partition coefficient (Wildman–Crippen LogP) is 3.22. The molecular formula is C12H9ClN2O3. The zero-order valence-electron chi connectivity index (χ0n) is 9.25. The van der Waals surface area contributed by atoms with Crippen molar-refractivity contribution in [1.82, 2.24) is 4.98 Å². The van der Waals surface area contributed by atoms with Crippen molar-refractivity contribution in [2.45, 2.75) is 6.61 Å². The normalized spacial score (nSPS) is 10.1. The number of benzene rings is 1. The fourth-order valence-corrected chi connectivity index (χ4v) is 1.53. The summed E-state index contributed by atoms with van der Waals surface area (Å²) in [6, 6.07) is 9.69. The summed E-state index contributed by atoms with van der Waals surface area (Å²) < 4.78 is 5.41. The second-order valence-corrected chi connectivity index (χ2v) is 3.88. The first-order valence-electron chi connectivity index (χ1n) is 5.13. The van der Waals surface area contributed by atoms with Gasteiger partial charge in [-0.05, 0) is 18.2 Å². The molecule has 0 fully saturated rings. The summed E-state index contributed by atoms with van der Waals surface area (Å²) >= 11 is 5.64. The zero-order valence-corrected chi connectivity index (χ0v) is 10.0. The fourth-order valence-electron chi connectivity index (χ4n) is 1.42. The minimum Gasteiger partial charge on any atom is -0.487 e. The average Bonchev–Trinajstić information content (AvgIpc) is 2.38. The van der Waals surface area contributed by atoms with Gasteiger partial charge in [-0.15, -0.1) is 0 Å².